The van der Waals surface area contributed by atoms with Gasteiger partial charge in [-0.05, 0) is 21.5 Å². The molecule has 1 aromatic carbocycles. The highest BCUT2D eigenvalue weighted by Crippen LogP contribution is 2.16. The van der Waals surface area contributed by atoms with Crippen LogP contribution in [-0.2, 0) is 29.7 Å². The molecule has 1 N–H and O–H groups in total. The van der Waals surface area contributed by atoms with Crippen LogP contribution in [0.25, 0.3) is 11.2 Å². The van der Waals surface area contributed by atoms with Crippen LogP contribution < -0.4 is 11.2 Å². The number of hydrogen-bond acceptors (Lipinski definition) is 5. The van der Waals surface area contributed by atoms with Crippen LogP contribution in [0.2, 0.25) is 0 Å². The number of carbonyl (C=O) groups is 1. The van der Waals surface area contributed by atoms with Crippen LogP contribution in [0.5, 0.6) is 0 Å². The first-order valence-corrected chi connectivity index (χ1v) is 7.81. The Balaban J connectivity index is 1.86. The first-order valence-electron chi connectivity index (χ1n) is 7.02. The maximum Gasteiger partial charge on any atom is 0.329 e. The Morgan fingerprint density at radius 1 is 1.29 bits per heavy atom. The molecule has 0 bridgehead atoms. The summed E-state index contributed by atoms with van der Waals surface area (Å²) in [5, 5.41) is 0. The lowest BCUT2D eigenvalue weighted by atomic mass is 10.2. The third kappa shape index (κ3) is 3.02. The topological polar surface area (TPSA) is 99.0 Å². The molecule has 0 fully saturated rings. The maximum absolute atomic E-state index is 12.1. The largest absolute Gasteiger partial charge is 0.459 e. The average molecular weight is 393 g/mol. The molecule has 0 radical (unpaired) electrons. The number of carbonyl (C=O) groups excluding carboxylic acids is 1. The van der Waals surface area contributed by atoms with E-state index in [1.807, 2.05) is 30.3 Å². The number of H-pyrrole nitrogens is 1. The van der Waals surface area contributed by atoms with Crippen LogP contribution >= 0.6 is 15.9 Å². The SMILES string of the molecule is Cn1c(=O)[nH]c(=O)c2c1nc(Br)n2CC(=O)OCc1ccccc1. The number of aromatic nitrogens is 4. The summed E-state index contributed by atoms with van der Waals surface area (Å²) in [4.78, 5) is 42.0. The lowest BCUT2D eigenvalue weighted by Gasteiger charge is -2.07. The number of rotatable bonds is 4. The van der Waals surface area contributed by atoms with Gasteiger partial charge in [0.15, 0.2) is 15.9 Å². The van der Waals surface area contributed by atoms with Crippen LogP contribution in [0, 0.1) is 0 Å². The Hall–Kier alpha value is -2.68. The number of aryl methyl sites for hydroxylation is 1. The highest BCUT2D eigenvalue weighted by atomic mass is 79.9. The molecule has 0 saturated carbocycles. The normalized spacial score (nSPS) is 10.9. The van der Waals surface area contributed by atoms with Crippen molar-refractivity contribution in [3.8, 4) is 0 Å². The molecule has 124 valence electrons. The van der Waals surface area contributed by atoms with Crippen molar-refractivity contribution in [1.82, 2.24) is 19.1 Å². The molecule has 3 aromatic rings. The predicted molar refractivity (Wildman–Crippen MR) is 89.5 cm³/mol. The van der Waals surface area contributed by atoms with Gasteiger partial charge in [-0.3, -0.25) is 19.1 Å². The lowest BCUT2D eigenvalue weighted by Crippen LogP contribution is -2.29. The number of aromatic amines is 1. The number of halogens is 1. The molecule has 0 unspecified atom stereocenters. The fourth-order valence-corrected chi connectivity index (χ4v) is 2.74. The molecule has 9 heteroatoms. The van der Waals surface area contributed by atoms with Gasteiger partial charge in [0.05, 0.1) is 0 Å². The van der Waals surface area contributed by atoms with E-state index in [9.17, 15) is 14.4 Å². The number of esters is 1. The van der Waals surface area contributed by atoms with E-state index < -0.39 is 17.2 Å². The summed E-state index contributed by atoms with van der Waals surface area (Å²) < 4.78 is 8.04. The molecule has 2 aromatic heterocycles. The van der Waals surface area contributed by atoms with E-state index in [2.05, 4.69) is 25.9 Å². The summed E-state index contributed by atoms with van der Waals surface area (Å²) in [6.45, 7) is -0.0655. The van der Waals surface area contributed by atoms with Crippen LogP contribution in [0.4, 0.5) is 0 Å². The van der Waals surface area contributed by atoms with E-state index in [0.29, 0.717) is 0 Å². The van der Waals surface area contributed by atoms with Crippen LogP contribution in [-0.4, -0.2) is 25.1 Å². The van der Waals surface area contributed by atoms with Gasteiger partial charge in [-0.1, -0.05) is 30.3 Å². The summed E-state index contributed by atoms with van der Waals surface area (Å²) in [5.41, 5.74) is -0.00812. The van der Waals surface area contributed by atoms with Crippen molar-refractivity contribution >= 4 is 33.1 Å². The van der Waals surface area contributed by atoms with Gasteiger partial charge in [0.1, 0.15) is 13.2 Å². The van der Waals surface area contributed by atoms with Crippen molar-refractivity contribution in [1.29, 1.82) is 0 Å². The molecule has 3 rings (SSSR count). The van der Waals surface area contributed by atoms with Crippen LogP contribution in [0.3, 0.4) is 0 Å². The first kappa shape index (κ1) is 16.2. The molecule has 0 saturated heterocycles. The number of benzene rings is 1. The zero-order valence-corrected chi connectivity index (χ0v) is 14.2. The molecule has 0 atom stereocenters. The van der Waals surface area contributed by atoms with Crippen molar-refractivity contribution < 1.29 is 9.53 Å². The Kier molecular flexibility index (Phi) is 4.34. The fraction of sp³-hybridized carbons (Fsp3) is 0.200. The maximum atomic E-state index is 12.1. The zero-order valence-electron chi connectivity index (χ0n) is 12.7. The summed E-state index contributed by atoms with van der Waals surface area (Å²) in [6.07, 6.45) is 0. The third-order valence-corrected chi connectivity index (χ3v) is 4.10. The van der Waals surface area contributed by atoms with E-state index in [-0.39, 0.29) is 29.0 Å². The average Bonchev–Trinajstić information content (AvgIpc) is 2.89. The summed E-state index contributed by atoms with van der Waals surface area (Å²) >= 11 is 3.20. The molecule has 0 aliphatic rings. The van der Waals surface area contributed by atoms with Gasteiger partial charge in [-0.2, -0.15) is 0 Å². The Morgan fingerprint density at radius 3 is 2.71 bits per heavy atom. The van der Waals surface area contributed by atoms with Gasteiger partial charge >= 0.3 is 11.7 Å². The molecular weight excluding hydrogens is 380 g/mol. The lowest BCUT2D eigenvalue weighted by molar-refractivity contribution is -0.145. The molecule has 2 heterocycles. The summed E-state index contributed by atoms with van der Waals surface area (Å²) in [7, 11) is 1.48. The molecule has 24 heavy (non-hydrogen) atoms. The summed E-state index contributed by atoms with van der Waals surface area (Å²) in [5.74, 6) is -0.521. The van der Waals surface area contributed by atoms with E-state index in [0.717, 1.165) is 5.56 Å². The van der Waals surface area contributed by atoms with E-state index in [1.165, 1.54) is 16.2 Å². The minimum atomic E-state index is -0.609. The monoisotopic (exact) mass is 392 g/mol. The van der Waals surface area contributed by atoms with Crippen molar-refractivity contribution in [3.63, 3.8) is 0 Å². The van der Waals surface area contributed by atoms with Gasteiger partial charge < -0.3 is 9.30 Å². The highest BCUT2D eigenvalue weighted by Gasteiger charge is 2.18. The third-order valence-electron chi connectivity index (χ3n) is 3.49. The molecule has 0 spiro atoms. The first-order chi connectivity index (χ1) is 11.5. The Morgan fingerprint density at radius 2 is 2.00 bits per heavy atom. The number of hydrogen-bond donors (Lipinski definition) is 1. The van der Waals surface area contributed by atoms with Crippen molar-refractivity contribution in [2.45, 2.75) is 13.2 Å². The molecule has 0 aliphatic carbocycles. The minimum absolute atomic E-state index is 0.126. The smallest absolute Gasteiger partial charge is 0.329 e. The fourth-order valence-electron chi connectivity index (χ4n) is 2.27. The second kappa shape index (κ2) is 6.44. The van der Waals surface area contributed by atoms with Gasteiger partial charge in [0, 0.05) is 7.05 Å². The quantitative estimate of drug-likeness (QED) is 0.525. The zero-order chi connectivity index (χ0) is 17.3. The number of imidazole rings is 1. The number of fused-ring (bicyclic) bond motifs is 1. The van der Waals surface area contributed by atoms with E-state index in [4.69, 9.17) is 4.74 Å². The van der Waals surface area contributed by atoms with E-state index in [1.54, 1.807) is 0 Å². The number of ether oxygens (including phenoxy) is 1. The number of nitrogens with one attached hydrogen (secondary N) is 1. The predicted octanol–water partition coefficient (Wildman–Crippen LogP) is 0.929. The second-order valence-electron chi connectivity index (χ2n) is 5.10. The Labute approximate surface area is 143 Å². The van der Waals surface area contributed by atoms with Gasteiger partial charge in [0.25, 0.3) is 5.56 Å². The molecule has 8 nitrogen and oxygen atoms in total. The second-order valence-corrected chi connectivity index (χ2v) is 5.81. The molecule has 0 amide bonds. The van der Waals surface area contributed by atoms with Crippen molar-refractivity contribution in [2.24, 2.45) is 7.05 Å². The van der Waals surface area contributed by atoms with Crippen molar-refractivity contribution in [2.75, 3.05) is 0 Å². The highest BCUT2D eigenvalue weighted by molar-refractivity contribution is 9.10. The standard InChI is InChI=1S/C15H13BrN4O4/c1-19-12-11(13(22)18-15(19)23)20(14(16)17-12)7-10(21)24-8-9-5-3-2-4-6-9/h2-6H,7-8H2,1H3,(H,18,22,23). The van der Waals surface area contributed by atoms with E-state index >= 15 is 0 Å². The van der Waals surface area contributed by atoms with Gasteiger partial charge in [-0.25, -0.2) is 9.78 Å². The van der Waals surface area contributed by atoms with Crippen LogP contribution in [0.15, 0.2) is 44.7 Å². The summed E-state index contributed by atoms with van der Waals surface area (Å²) in [6, 6.07) is 9.26. The molecule has 0 aliphatic heterocycles. The Bertz CT molecular complexity index is 1020. The van der Waals surface area contributed by atoms with Crippen LogP contribution in [0.1, 0.15) is 5.56 Å². The molecular formula is C15H13BrN4O4. The van der Waals surface area contributed by atoms with Crippen molar-refractivity contribution in [3.05, 3.63) is 61.5 Å². The van der Waals surface area contributed by atoms with Gasteiger partial charge in [-0.15, -0.1) is 0 Å². The van der Waals surface area contributed by atoms with Gasteiger partial charge in [0.2, 0.25) is 0 Å². The minimum Gasteiger partial charge on any atom is -0.459 e. The number of nitrogens with zero attached hydrogens (tertiary/aromatic N) is 3.